The van der Waals surface area contributed by atoms with Crippen LogP contribution < -0.4 is 10.1 Å². The second-order valence-corrected chi connectivity index (χ2v) is 4.57. The quantitative estimate of drug-likeness (QED) is 0.849. The van der Waals surface area contributed by atoms with Crippen LogP contribution in [0.15, 0.2) is 36.5 Å². The predicted octanol–water partition coefficient (Wildman–Crippen LogP) is 2.65. The molecule has 2 N–H and O–H groups in total. The molecular weight excluding hydrogens is 252 g/mol. The van der Waals surface area contributed by atoms with E-state index < -0.39 is 0 Å². The number of hydrogen-bond acceptors (Lipinski definition) is 4. The van der Waals surface area contributed by atoms with E-state index in [4.69, 9.17) is 4.74 Å². The average Bonchev–Trinajstić information content (AvgIpc) is 2.48. The molecule has 0 aliphatic rings. The van der Waals surface area contributed by atoms with Crippen molar-refractivity contribution in [3.05, 3.63) is 53.3 Å². The highest BCUT2D eigenvalue weighted by Crippen LogP contribution is 2.26. The van der Waals surface area contributed by atoms with Gasteiger partial charge in [0.15, 0.2) is 11.5 Å². The third kappa shape index (κ3) is 3.48. The maximum atomic E-state index is 9.72. The lowest BCUT2D eigenvalue weighted by Crippen LogP contribution is -2.15. The molecule has 1 aromatic carbocycles. The summed E-state index contributed by atoms with van der Waals surface area (Å²) in [4.78, 5) is 4.39. The van der Waals surface area contributed by atoms with Gasteiger partial charge in [-0.2, -0.15) is 0 Å². The number of nitrogens with zero attached hydrogens (tertiary/aromatic N) is 1. The highest BCUT2D eigenvalue weighted by atomic mass is 16.5. The lowest BCUT2D eigenvalue weighted by molar-refractivity contribution is 0.373. The van der Waals surface area contributed by atoms with Gasteiger partial charge in [0, 0.05) is 19.3 Å². The average molecular weight is 272 g/mol. The Morgan fingerprint density at radius 1 is 1.25 bits per heavy atom. The van der Waals surface area contributed by atoms with E-state index in [9.17, 15) is 5.11 Å². The van der Waals surface area contributed by atoms with Crippen molar-refractivity contribution in [3.8, 4) is 11.5 Å². The molecule has 106 valence electrons. The normalized spacial score (nSPS) is 10.5. The van der Waals surface area contributed by atoms with E-state index in [0.717, 1.165) is 24.2 Å². The van der Waals surface area contributed by atoms with Crippen LogP contribution in [0.1, 0.15) is 23.7 Å². The minimum absolute atomic E-state index is 0.166. The zero-order valence-corrected chi connectivity index (χ0v) is 11.9. The van der Waals surface area contributed by atoms with Crippen LogP contribution in [-0.2, 0) is 19.5 Å². The molecular formula is C16H20N2O2. The molecule has 1 heterocycles. The van der Waals surface area contributed by atoms with Crippen molar-refractivity contribution in [1.29, 1.82) is 0 Å². The number of rotatable bonds is 6. The summed E-state index contributed by atoms with van der Waals surface area (Å²) < 4.78 is 5.02. The smallest absolute Gasteiger partial charge is 0.160 e. The summed E-state index contributed by atoms with van der Waals surface area (Å²) in [7, 11) is 1.54. The Balaban J connectivity index is 1.94. The molecule has 0 bridgehead atoms. The van der Waals surface area contributed by atoms with Crippen LogP contribution in [0.5, 0.6) is 11.5 Å². The first-order valence-corrected chi connectivity index (χ1v) is 6.74. The number of methoxy groups -OCH3 is 1. The van der Waals surface area contributed by atoms with E-state index in [1.54, 1.807) is 19.2 Å². The molecule has 0 aliphatic carbocycles. The maximum Gasteiger partial charge on any atom is 0.160 e. The number of aromatic hydroxyl groups is 1. The van der Waals surface area contributed by atoms with Crippen molar-refractivity contribution >= 4 is 0 Å². The number of pyridine rings is 1. The van der Waals surface area contributed by atoms with Gasteiger partial charge in [-0.1, -0.05) is 19.1 Å². The van der Waals surface area contributed by atoms with Gasteiger partial charge in [-0.05, 0) is 35.7 Å². The van der Waals surface area contributed by atoms with E-state index in [-0.39, 0.29) is 5.75 Å². The topological polar surface area (TPSA) is 54.4 Å². The van der Waals surface area contributed by atoms with Gasteiger partial charge in [-0.3, -0.25) is 4.98 Å². The van der Waals surface area contributed by atoms with Gasteiger partial charge < -0.3 is 15.2 Å². The van der Waals surface area contributed by atoms with Crippen LogP contribution in [0.4, 0.5) is 0 Å². The highest BCUT2D eigenvalue weighted by molar-refractivity contribution is 5.41. The van der Waals surface area contributed by atoms with Crippen LogP contribution in [0.3, 0.4) is 0 Å². The molecule has 20 heavy (non-hydrogen) atoms. The van der Waals surface area contributed by atoms with Crippen molar-refractivity contribution < 1.29 is 9.84 Å². The molecule has 0 saturated carbocycles. The molecule has 0 fully saturated rings. The molecule has 2 rings (SSSR count). The molecule has 0 spiro atoms. The van der Waals surface area contributed by atoms with Crippen LogP contribution in [0.2, 0.25) is 0 Å². The second-order valence-electron chi connectivity index (χ2n) is 4.57. The molecule has 1 aromatic heterocycles. The summed E-state index contributed by atoms with van der Waals surface area (Å²) in [6.45, 7) is 3.52. The highest BCUT2D eigenvalue weighted by Gasteiger charge is 2.04. The van der Waals surface area contributed by atoms with Crippen LogP contribution in [0.25, 0.3) is 0 Å². The molecule has 2 aromatic rings. The van der Waals surface area contributed by atoms with Crippen LogP contribution in [-0.4, -0.2) is 17.2 Å². The van der Waals surface area contributed by atoms with E-state index in [1.165, 1.54) is 5.56 Å². The van der Waals surface area contributed by atoms with Crippen molar-refractivity contribution in [2.45, 2.75) is 26.4 Å². The van der Waals surface area contributed by atoms with E-state index in [1.807, 2.05) is 18.3 Å². The zero-order chi connectivity index (χ0) is 14.4. The second kappa shape index (κ2) is 6.91. The number of phenols is 1. The molecule has 0 amide bonds. The van der Waals surface area contributed by atoms with Crippen molar-refractivity contribution in [1.82, 2.24) is 10.3 Å². The Bertz CT molecular complexity index is 570. The number of aromatic nitrogens is 1. The SMILES string of the molecule is CCc1cccnc1CNCc1ccc(OC)c(O)c1. The fourth-order valence-corrected chi connectivity index (χ4v) is 2.12. The number of phenolic OH excluding ortho intramolecular Hbond substituents is 1. The third-order valence-electron chi connectivity index (χ3n) is 3.23. The van der Waals surface area contributed by atoms with Gasteiger partial charge in [-0.25, -0.2) is 0 Å². The van der Waals surface area contributed by atoms with Gasteiger partial charge in [0.2, 0.25) is 0 Å². The molecule has 0 atom stereocenters. The van der Waals surface area contributed by atoms with Crippen LogP contribution in [0, 0.1) is 0 Å². The first-order valence-electron chi connectivity index (χ1n) is 6.74. The Morgan fingerprint density at radius 3 is 2.80 bits per heavy atom. The molecule has 0 saturated heterocycles. The van der Waals surface area contributed by atoms with Gasteiger partial charge in [0.1, 0.15) is 0 Å². The molecule has 4 nitrogen and oxygen atoms in total. The Hall–Kier alpha value is -2.07. The van der Waals surface area contributed by atoms with Gasteiger partial charge in [0.25, 0.3) is 0 Å². The summed E-state index contributed by atoms with van der Waals surface area (Å²) in [6.07, 6.45) is 2.80. The Labute approximate surface area is 119 Å². The van der Waals surface area contributed by atoms with E-state index in [2.05, 4.69) is 23.3 Å². The van der Waals surface area contributed by atoms with E-state index >= 15 is 0 Å². The maximum absolute atomic E-state index is 9.72. The molecule has 0 radical (unpaired) electrons. The lowest BCUT2D eigenvalue weighted by atomic mass is 10.1. The zero-order valence-electron chi connectivity index (χ0n) is 11.9. The molecule has 0 unspecified atom stereocenters. The van der Waals surface area contributed by atoms with Crippen LogP contribution >= 0.6 is 0 Å². The lowest BCUT2D eigenvalue weighted by Gasteiger charge is -2.09. The summed E-state index contributed by atoms with van der Waals surface area (Å²) in [5.74, 6) is 0.658. The van der Waals surface area contributed by atoms with Crippen molar-refractivity contribution in [2.75, 3.05) is 7.11 Å². The number of ether oxygens (including phenoxy) is 1. The standard InChI is InChI=1S/C16H20N2O2/c1-3-13-5-4-8-18-14(13)11-17-10-12-6-7-16(20-2)15(19)9-12/h4-9,17,19H,3,10-11H2,1-2H3. The van der Waals surface area contributed by atoms with Crippen molar-refractivity contribution in [2.24, 2.45) is 0 Å². The third-order valence-corrected chi connectivity index (χ3v) is 3.23. The van der Waals surface area contributed by atoms with Gasteiger partial charge in [-0.15, -0.1) is 0 Å². The number of hydrogen-bond donors (Lipinski definition) is 2. The predicted molar refractivity (Wildman–Crippen MR) is 78.8 cm³/mol. The fourth-order valence-electron chi connectivity index (χ4n) is 2.12. The minimum Gasteiger partial charge on any atom is -0.504 e. The molecule has 0 aliphatic heterocycles. The number of nitrogens with one attached hydrogen (secondary N) is 1. The summed E-state index contributed by atoms with van der Waals surface area (Å²) in [6, 6.07) is 9.48. The first-order chi connectivity index (χ1) is 9.74. The molecule has 4 heteroatoms. The number of benzene rings is 1. The first kappa shape index (κ1) is 14.3. The van der Waals surface area contributed by atoms with Crippen molar-refractivity contribution in [3.63, 3.8) is 0 Å². The largest absolute Gasteiger partial charge is 0.504 e. The van der Waals surface area contributed by atoms with Gasteiger partial charge in [0.05, 0.1) is 12.8 Å². The monoisotopic (exact) mass is 272 g/mol. The number of aryl methyl sites for hydroxylation is 1. The Morgan fingerprint density at radius 2 is 2.10 bits per heavy atom. The summed E-state index contributed by atoms with van der Waals surface area (Å²) in [5, 5.41) is 13.1. The summed E-state index contributed by atoms with van der Waals surface area (Å²) >= 11 is 0. The van der Waals surface area contributed by atoms with Gasteiger partial charge >= 0.3 is 0 Å². The minimum atomic E-state index is 0.166. The summed E-state index contributed by atoms with van der Waals surface area (Å²) in [5.41, 5.74) is 3.35. The van der Waals surface area contributed by atoms with E-state index in [0.29, 0.717) is 12.3 Å². The Kier molecular flexibility index (Phi) is 4.96. The fraction of sp³-hybridized carbons (Fsp3) is 0.312.